The summed E-state index contributed by atoms with van der Waals surface area (Å²) in [6.45, 7) is 3.09. The summed E-state index contributed by atoms with van der Waals surface area (Å²) in [5.74, 6) is -1.06. The molecule has 0 fully saturated rings. The molecule has 0 saturated carbocycles. The first kappa shape index (κ1) is 18.0. The van der Waals surface area contributed by atoms with Gasteiger partial charge in [-0.2, -0.15) is 0 Å². The molecule has 0 aromatic heterocycles. The van der Waals surface area contributed by atoms with E-state index in [0.29, 0.717) is 6.42 Å². The van der Waals surface area contributed by atoms with Gasteiger partial charge in [0.15, 0.2) is 5.54 Å². The Labute approximate surface area is 130 Å². The van der Waals surface area contributed by atoms with Crippen molar-refractivity contribution in [2.75, 3.05) is 20.8 Å². The van der Waals surface area contributed by atoms with Crippen LogP contribution in [-0.4, -0.2) is 43.3 Å². The van der Waals surface area contributed by atoms with Crippen molar-refractivity contribution in [3.05, 3.63) is 29.8 Å². The smallest absolute Gasteiger partial charge is 0.331 e. The van der Waals surface area contributed by atoms with Crippen LogP contribution in [0.4, 0.5) is 0 Å². The number of aliphatic carboxylic acids is 1. The molecular formula is C16H23NO5. The minimum Gasteiger partial charge on any atom is -0.497 e. The Morgan fingerprint density at radius 2 is 1.86 bits per heavy atom. The van der Waals surface area contributed by atoms with Gasteiger partial charge < -0.3 is 19.9 Å². The normalized spacial score (nSPS) is 14.7. The molecule has 6 heteroatoms. The lowest BCUT2D eigenvalue weighted by Gasteiger charge is -2.27. The van der Waals surface area contributed by atoms with Gasteiger partial charge in [-0.05, 0) is 31.0 Å². The Balaban J connectivity index is 2.69. The molecule has 22 heavy (non-hydrogen) atoms. The fourth-order valence-electron chi connectivity index (χ4n) is 2.04. The van der Waals surface area contributed by atoms with Crippen molar-refractivity contribution >= 4 is 11.9 Å². The fraction of sp³-hybridized carbons (Fsp3) is 0.500. The van der Waals surface area contributed by atoms with E-state index >= 15 is 0 Å². The standard InChI is InChI=1S/C16H23NO5/c1-11(9-12-5-7-13(22-4)8-6-12)14(18)17-16(2,10-21-3)15(19)20/h5-8,11H,9-10H2,1-4H3,(H,17,18)(H,19,20). The van der Waals surface area contributed by atoms with Crippen LogP contribution in [0, 0.1) is 5.92 Å². The van der Waals surface area contributed by atoms with Crippen molar-refractivity contribution in [3.63, 3.8) is 0 Å². The number of benzene rings is 1. The third kappa shape index (κ3) is 4.73. The number of methoxy groups -OCH3 is 2. The molecule has 6 nitrogen and oxygen atoms in total. The number of nitrogens with one attached hydrogen (secondary N) is 1. The number of carbonyl (C=O) groups excluding carboxylic acids is 1. The SMILES string of the molecule is COCC(C)(NC(=O)C(C)Cc1ccc(OC)cc1)C(=O)O. The minimum atomic E-state index is -1.43. The highest BCUT2D eigenvalue weighted by atomic mass is 16.5. The van der Waals surface area contributed by atoms with E-state index < -0.39 is 11.5 Å². The van der Waals surface area contributed by atoms with Gasteiger partial charge in [0, 0.05) is 13.0 Å². The van der Waals surface area contributed by atoms with Crippen LogP contribution >= 0.6 is 0 Å². The molecular weight excluding hydrogens is 286 g/mol. The highest BCUT2D eigenvalue weighted by molar-refractivity contribution is 5.87. The van der Waals surface area contributed by atoms with Gasteiger partial charge in [0.25, 0.3) is 0 Å². The highest BCUT2D eigenvalue weighted by Gasteiger charge is 2.36. The van der Waals surface area contributed by atoms with E-state index in [0.717, 1.165) is 11.3 Å². The van der Waals surface area contributed by atoms with Crippen LogP contribution in [0.3, 0.4) is 0 Å². The van der Waals surface area contributed by atoms with Crippen LogP contribution in [-0.2, 0) is 20.7 Å². The molecule has 0 saturated heterocycles. The van der Waals surface area contributed by atoms with Crippen LogP contribution in [0.25, 0.3) is 0 Å². The maximum absolute atomic E-state index is 12.2. The molecule has 2 unspecified atom stereocenters. The van der Waals surface area contributed by atoms with Gasteiger partial charge in [-0.1, -0.05) is 19.1 Å². The number of rotatable bonds is 8. The lowest BCUT2D eigenvalue weighted by molar-refractivity contribution is -0.149. The summed E-state index contributed by atoms with van der Waals surface area (Å²) >= 11 is 0. The number of amides is 1. The Hall–Kier alpha value is -2.08. The van der Waals surface area contributed by atoms with Crippen molar-refractivity contribution in [2.45, 2.75) is 25.8 Å². The Bertz CT molecular complexity index is 514. The molecule has 0 radical (unpaired) electrons. The van der Waals surface area contributed by atoms with E-state index in [9.17, 15) is 14.7 Å². The molecule has 1 aromatic rings. The lowest BCUT2D eigenvalue weighted by Crippen LogP contribution is -2.56. The Morgan fingerprint density at radius 1 is 1.27 bits per heavy atom. The van der Waals surface area contributed by atoms with Crippen molar-refractivity contribution < 1.29 is 24.2 Å². The second kappa shape index (κ2) is 7.79. The summed E-state index contributed by atoms with van der Waals surface area (Å²) in [7, 11) is 2.99. The van der Waals surface area contributed by atoms with Gasteiger partial charge in [0.05, 0.1) is 13.7 Å². The average Bonchev–Trinajstić information content (AvgIpc) is 2.48. The molecule has 1 aromatic carbocycles. The largest absolute Gasteiger partial charge is 0.497 e. The Morgan fingerprint density at radius 3 is 2.32 bits per heavy atom. The molecule has 2 atom stereocenters. The Kier molecular flexibility index (Phi) is 6.37. The molecule has 122 valence electrons. The monoisotopic (exact) mass is 309 g/mol. The topological polar surface area (TPSA) is 84.9 Å². The maximum atomic E-state index is 12.2. The highest BCUT2D eigenvalue weighted by Crippen LogP contribution is 2.15. The van der Waals surface area contributed by atoms with Gasteiger partial charge >= 0.3 is 5.97 Å². The number of hydrogen-bond donors (Lipinski definition) is 2. The minimum absolute atomic E-state index is 0.0939. The van der Waals surface area contributed by atoms with Gasteiger partial charge in [0.2, 0.25) is 5.91 Å². The molecule has 0 heterocycles. The van der Waals surface area contributed by atoms with E-state index in [4.69, 9.17) is 9.47 Å². The van der Waals surface area contributed by atoms with E-state index in [1.54, 1.807) is 14.0 Å². The van der Waals surface area contributed by atoms with E-state index in [1.165, 1.54) is 14.0 Å². The molecule has 0 bridgehead atoms. The van der Waals surface area contributed by atoms with Crippen LogP contribution in [0.5, 0.6) is 5.75 Å². The first-order valence-corrected chi connectivity index (χ1v) is 6.99. The first-order chi connectivity index (χ1) is 10.3. The molecule has 0 aliphatic rings. The number of carboxylic acid groups (broad SMARTS) is 1. The number of carbonyl (C=O) groups is 2. The molecule has 2 N–H and O–H groups in total. The van der Waals surface area contributed by atoms with Crippen molar-refractivity contribution in [1.29, 1.82) is 0 Å². The number of ether oxygens (including phenoxy) is 2. The first-order valence-electron chi connectivity index (χ1n) is 6.99. The van der Waals surface area contributed by atoms with Gasteiger partial charge in [0.1, 0.15) is 5.75 Å². The van der Waals surface area contributed by atoms with E-state index in [1.807, 2.05) is 24.3 Å². The predicted molar refractivity (Wildman–Crippen MR) is 81.9 cm³/mol. The summed E-state index contributed by atoms with van der Waals surface area (Å²) in [4.78, 5) is 23.5. The zero-order valence-corrected chi connectivity index (χ0v) is 13.4. The molecule has 1 amide bonds. The van der Waals surface area contributed by atoms with Crippen LogP contribution < -0.4 is 10.1 Å². The lowest BCUT2D eigenvalue weighted by atomic mass is 9.97. The summed E-state index contributed by atoms with van der Waals surface area (Å²) in [6, 6.07) is 7.42. The van der Waals surface area contributed by atoms with Crippen LogP contribution in [0.1, 0.15) is 19.4 Å². The van der Waals surface area contributed by atoms with Crippen molar-refractivity contribution in [1.82, 2.24) is 5.32 Å². The summed E-state index contributed by atoms with van der Waals surface area (Å²) in [5, 5.41) is 11.8. The second-order valence-electron chi connectivity index (χ2n) is 5.51. The zero-order chi connectivity index (χ0) is 16.8. The van der Waals surface area contributed by atoms with Gasteiger partial charge in [-0.25, -0.2) is 4.79 Å². The zero-order valence-electron chi connectivity index (χ0n) is 13.4. The van der Waals surface area contributed by atoms with Crippen molar-refractivity contribution in [3.8, 4) is 5.75 Å². The molecule has 0 aliphatic carbocycles. The van der Waals surface area contributed by atoms with Crippen LogP contribution in [0.2, 0.25) is 0 Å². The molecule has 0 aliphatic heterocycles. The van der Waals surface area contributed by atoms with Gasteiger partial charge in [-0.15, -0.1) is 0 Å². The maximum Gasteiger partial charge on any atom is 0.331 e. The summed E-state index contributed by atoms with van der Waals surface area (Å²) < 4.78 is 9.97. The quantitative estimate of drug-likeness (QED) is 0.760. The van der Waals surface area contributed by atoms with E-state index in [2.05, 4.69) is 5.32 Å². The van der Waals surface area contributed by atoms with Crippen molar-refractivity contribution in [2.24, 2.45) is 5.92 Å². The average molecular weight is 309 g/mol. The predicted octanol–water partition coefficient (Wildman–Crippen LogP) is 1.48. The molecule has 1 rings (SSSR count). The number of carboxylic acids is 1. The van der Waals surface area contributed by atoms with Crippen LogP contribution in [0.15, 0.2) is 24.3 Å². The third-order valence-electron chi connectivity index (χ3n) is 3.45. The summed E-state index contributed by atoms with van der Waals surface area (Å²) in [5.41, 5.74) is -0.452. The molecule has 0 spiro atoms. The fourth-order valence-corrected chi connectivity index (χ4v) is 2.04. The van der Waals surface area contributed by atoms with E-state index in [-0.39, 0.29) is 18.4 Å². The van der Waals surface area contributed by atoms with Gasteiger partial charge in [-0.3, -0.25) is 4.79 Å². The number of hydrogen-bond acceptors (Lipinski definition) is 4. The second-order valence-corrected chi connectivity index (χ2v) is 5.51. The third-order valence-corrected chi connectivity index (χ3v) is 3.45. The summed E-state index contributed by atoms with van der Waals surface area (Å²) in [6.07, 6.45) is 0.512.